The molecule has 124 valence electrons. The summed E-state index contributed by atoms with van der Waals surface area (Å²) in [4.78, 5) is 11.5. The Morgan fingerprint density at radius 3 is 3.00 bits per heavy atom. The predicted octanol–water partition coefficient (Wildman–Crippen LogP) is 2.90. The Kier molecular flexibility index (Phi) is 7.02. The SMILES string of the molecule is CCc1nc(CCNC(=NC)N2CCSC(C(C)C)C2)cs1. The van der Waals surface area contributed by atoms with Crippen molar-refractivity contribution in [1.29, 1.82) is 0 Å². The molecule has 1 aromatic heterocycles. The Hall–Kier alpha value is -0.750. The first-order valence-electron chi connectivity index (χ1n) is 8.14. The summed E-state index contributed by atoms with van der Waals surface area (Å²) < 4.78 is 0. The molecule has 0 bridgehead atoms. The summed E-state index contributed by atoms with van der Waals surface area (Å²) in [6.45, 7) is 9.86. The number of aromatic nitrogens is 1. The molecule has 1 aliphatic heterocycles. The summed E-state index contributed by atoms with van der Waals surface area (Å²) in [6.07, 6.45) is 1.99. The predicted molar refractivity (Wildman–Crippen MR) is 99.2 cm³/mol. The molecule has 1 atom stereocenters. The van der Waals surface area contributed by atoms with E-state index in [1.807, 2.05) is 7.05 Å². The number of guanidine groups is 1. The molecule has 1 aliphatic rings. The van der Waals surface area contributed by atoms with E-state index in [9.17, 15) is 0 Å². The van der Waals surface area contributed by atoms with Gasteiger partial charge < -0.3 is 10.2 Å². The lowest BCUT2D eigenvalue weighted by Gasteiger charge is -2.36. The van der Waals surface area contributed by atoms with Gasteiger partial charge in [-0.05, 0) is 12.3 Å². The van der Waals surface area contributed by atoms with Crippen LogP contribution < -0.4 is 5.32 Å². The van der Waals surface area contributed by atoms with E-state index in [1.165, 1.54) is 16.5 Å². The van der Waals surface area contributed by atoms with Gasteiger partial charge in [-0.25, -0.2) is 4.98 Å². The zero-order valence-electron chi connectivity index (χ0n) is 14.1. The highest BCUT2D eigenvalue weighted by molar-refractivity contribution is 8.00. The Bertz CT molecular complexity index is 484. The second kappa shape index (κ2) is 8.77. The standard InChI is InChI=1S/C16H28N4S2/c1-5-15-19-13(11-22-15)6-7-18-16(17-4)20-8-9-21-14(10-20)12(2)3/h11-12,14H,5-10H2,1-4H3,(H,17,18). The van der Waals surface area contributed by atoms with Crippen molar-refractivity contribution in [1.82, 2.24) is 15.2 Å². The van der Waals surface area contributed by atoms with Crippen molar-refractivity contribution in [3.63, 3.8) is 0 Å². The Morgan fingerprint density at radius 1 is 1.55 bits per heavy atom. The summed E-state index contributed by atoms with van der Waals surface area (Å²) in [5.74, 6) is 2.94. The van der Waals surface area contributed by atoms with E-state index in [1.54, 1.807) is 11.3 Å². The highest BCUT2D eigenvalue weighted by Gasteiger charge is 2.24. The van der Waals surface area contributed by atoms with Crippen molar-refractivity contribution >= 4 is 29.1 Å². The molecule has 4 nitrogen and oxygen atoms in total. The molecule has 0 radical (unpaired) electrons. The van der Waals surface area contributed by atoms with Gasteiger partial charge in [0.05, 0.1) is 10.7 Å². The third kappa shape index (κ3) is 4.88. The number of nitrogens with one attached hydrogen (secondary N) is 1. The third-order valence-electron chi connectivity index (χ3n) is 3.91. The molecule has 1 aromatic rings. The number of thioether (sulfide) groups is 1. The minimum absolute atomic E-state index is 0.706. The monoisotopic (exact) mass is 340 g/mol. The third-order valence-corrected chi connectivity index (χ3v) is 6.50. The van der Waals surface area contributed by atoms with Crippen molar-refractivity contribution < 1.29 is 0 Å². The number of rotatable bonds is 5. The topological polar surface area (TPSA) is 40.5 Å². The van der Waals surface area contributed by atoms with Gasteiger partial charge in [-0.3, -0.25) is 4.99 Å². The number of hydrogen-bond acceptors (Lipinski definition) is 4. The van der Waals surface area contributed by atoms with Crippen LogP contribution in [0.25, 0.3) is 0 Å². The van der Waals surface area contributed by atoms with Crippen LogP contribution in [0, 0.1) is 5.92 Å². The van der Waals surface area contributed by atoms with Gasteiger partial charge >= 0.3 is 0 Å². The highest BCUT2D eigenvalue weighted by Crippen LogP contribution is 2.24. The lowest BCUT2D eigenvalue weighted by Crippen LogP contribution is -2.49. The molecule has 1 unspecified atom stereocenters. The quantitative estimate of drug-likeness (QED) is 0.661. The Morgan fingerprint density at radius 2 is 2.36 bits per heavy atom. The zero-order valence-corrected chi connectivity index (χ0v) is 15.8. The van der Waals surface area contributed by atoms with Crippen molar-refractivity contribution in [3.8, 4) is 0 Å². The Balaban J connectivity index is 1.81. The van der Waals surface area contributed by atoms with Gasteiger partial charge in [-0.2, -0.15) is 11.8 Å². The molecule has 0 saturated carbocycles. The van der Waals surface area contributed by atoms with Crippen LogP contribution in [0.3, 0.4) is 0 Å². The molecule has 1 N–H and O–H groups in total. The van der Waals surface area contributed by atoms with Gasteiger partial charge in [-0.1, -0.05) is 20.8 Å². The van der Waals surface area contributed by atoms with Gasteiger partial charge in [-0.15, -0.1) is 11.3 Å². The molecule has 2 heterocycles. The van der Waals surface area contributed by atoms with Crippen molar-refractivity contribution in [3.05, 3.63) is 16.1 Å². The second-order valence-electron chi connectivity index (χ2n) is 5.91. The summed E-state index contributed by atoms with van der Waals surface area (Å²) in [6, 6.07) is 0. The molecule has 0 spiro atoms. The lowest BCUT2D eigenvalue weighted by atomic mass is 10.1. The van der Waals surface area contributed by atoms with E-state index in [0.29, 0.717) is 11.2 Å². The van der Waals surface area contributed by atoms with Crippen molar-refractivity contribution in [2.45, 2.75) is 38.9 Å². The van der Waals surface area contributed by atoms with Crippen LogP contribution in [0.2, 0.25) is 0 Å². The van der Waals surface area contributed by atoms with E-state index in [4.69, 9.17) is 0 Å². The maximum absolute atomic E-state index is 4.62. The summed E-state index contributed by atoms with van der Waals surface area (Å²) in [7, 11) is 1.88. The van der Waals surface area contributed by atoms with Crippen LogP contribution in [0.1, 0.15) is 31.5 Å². The van der Waals surface area contributed by atoms with E-state index >= 15 is 0 Å². The first kappa shape index (κ1) is 17.6. The molecule has 0 amide bonds. The second-order valence-corrected chi connectivity index (χ2v) is 8.20. The molecule has 0 aliphatic carbocycles. The number of thiazole rings is 1. The van der Waals surface area contributed by atoms with Gasteiger partial charge in [0.15, 0.2) is 5.96 Å². The van der Waals surface area contributed by atoms with Crippen LogP contribution in [0.5, 0.6) is 0 Å². The molecular formula is C16H28N4S2. The van der Waals surface area contributed by atoms with Crippen LogP contribution in [0.4, 0.5) is 0 Å². The van der Waals surface area contributed by atoms with Crippen LogP contribution in [0.15, 0.2) is 10.4 Å². The number of aryl methyl sites for hydroxylation is 1. The Labute approximate surface area is 142 Å². The van der Waals surface area contributed by atoms with Crippen LogP contribution in [-0.2, 0) is 12.8 Å². The fourth-order valence-electron chi connectivity index (χ4n) is 2.53. The molecular weight excluding hydrogens is 312 g/mol. The van der Waals surface area contributed by atoms with Gasteiger partial charge in [0.25, 0.3) is 0 Å². The van der Waals surface area contributed by atoms with Crippen molar-refractivity contribution in [2.75, 3.05) is 32.4 Å². The van der Waals surface area contributed by atoms with E-state index < -0.39 is 0 Å². The van der Waals surface area contributed by atoms with Crippen LogP contribution in [-0.4, -0.2) is 53.5 Å². The molecule has 2 rings (SSSR count). The summed E-state index contributed by atoms with van der Waals surface area (Å²) in [5.41, 5.74) is 1.19. The zero-order chi connectivity index (χ0) is 15.9. The van der Waals surface area contributed by atoms with Gasteiger partial charge in [0.1, 0.15) is 0 Å². The molecule has 22 heavy (non-hydrogen) atoms. The smallest absolute Gasteiger partial charge is 0.193 e. The van der Waals surface area contributed by atoms with E-state index in [-0.39, 0.29) is 0 Å². The molecule has 1 saturated heterocycles. The van der Waals surface area contributed by atoms with Crippen LogP contribution >= 0.6 is 23.1 Å². The maximum atomic E-state index is 4.62. The molecule has 0 aromatic carbocycles. The molecule has 6 heteroatoms. The minimum atomic E-state index is 0.706. The van der Waals surface area contributed by atoms with Gasteiger partial charge in [0.2, 0.25) is 0 Å². The summed E-state index contributed by atoms with van der Waals surface area (Å²) in [5, 5.41) is 7.62. The summed E-state index contributed by atoms with van der Waals surface area (Å²) >= 11 is 3.86. The highest BCUT2D eigenvalue weighted by atomic mass is 32.2. The van der Waals surface area contributed by atoms with Gasteiger partial charge in [0, 0.05) is 49.5 Å². The van der Waals surface area contributed by atoms with E-state index in [0.717, 1.165) is 38.4 Å². The first-order valence-corrected chi connectivity index (χ1v) is 10.1. The number of aliphatic imine (C=N–C) groups is 1. The maximum Gasteiger partial charge on any atom is 0.193 e. The minimum Gasteiger partial charge on any atom is -0.356 e. The average molecular weight is 341 g/mol. The first-order chi connectivity index (χ1) is 10.6. The molecule has 1 fully saturated rings. The average Bonchev–Trinajstić information content (AvgIpc) is 2.99. The lowest BCUT2D eigenvalue weighted by molar-refractivity contribution is 0.381. The number of hydrogen-bond donors (Lipinski definition) is 1. The van der Waals surface area contributed by atoms with Crippen molar-refractivity contribution in [2.24, 2.45) is 10.9 Å². The largest absolute Gasteiger partial charge is 0.356 e. The van der Waals surface area contributed by atoms with E-state index in [2.05, 4.69) is 58.1 Å². The number of nitrogens with zero attached hydrogens (tertiary/aromatic N) is 3. The fraction of sp³-hybridized carbons (Fsp3) is 0.750. The normalized spacial score (nSPS) is 19.8. The fourth-order valence-corrected chi connectivity index (χ4v) is 4.61.